The zero-order chi connectivity index (χ0) is 14.0. The fraction of sp³-hybridized carbons (Fsp3) is 0.538. The first kappa shape index (κ1) is 14.5. The van der Waals surface area contributed by atoms with E-state index in [2.05, 4.69) is 0 Å². The molecule has 0 radical (unpaired) electrons. The molecule has 6 heteroatoms. The standard InChI is InChI=1S/C13H20N2O3S/c1-10(16)12-6-7-15(9-12)19(17,18)13-4-2-11(8-14)3-5-13/h2-5,10,12,16H,6-9,14H2,1H3. The van der Waals surface area contributed by atoms with Gasteiger partial charge in [-0.05, 0) is 37.0 Å². The number of nitrogens with zero attached hydrogens (tertiary/aromatic N) is 1. The van der Waals surface area contributed by atoms with Crippen LogP contribution in [0.3, 0.4) is 0 Å². The minimum Gasteiger partial charge on any atom is -0.393 e. The lowest BCUT2D eigenvalue weighted by molar-refractivity contribution is 0.133. The fourth-order valence-corrected chi connectivity index (χ4v) is 3.82. The van der Waals surface area contributed by atoms with Gasteiger partial charge in [-0.25, -0.2) is 8.42 Å². The molecule has 1 aliphatic rings. The summed E-state index contributed by atoms with van der Waals surface area (Å²) in [5, 5.41) is 9.54. The van der Waals surface area contributed by atoms with Gasteiger partial charge < -0.3 is 10.8 Å². The predicted octanol–water partition coefficient (Wildman–Crippen LogP) is 0.537. The van der Waals surface area contributed by atoms with E-state index in [9.17, 15) is 13.5 Å². The van der Waals surface area contributed by atoms with Gasteiger partial charge in [-0.1, -0.05) is 12.1 Å². The molecule has 1 heterocycles. The molecule has 0 saturated carbocycles. The molecule has 19 heavy (non-hydrogen) atoms. The van der Waals surface area contributed by atoms with Gasteiger partial charge in [-0.15, -0.1) is 0 Å². The number of hydrogen-bond acceptors (Lipinski definition) is 4. The molecule has 2 unspecified atom stereocenters. The maximum Gasteiger partial charge on any atom is 0.243 e. The minimum atomic E-state index is -3.45. The maximum atomic E-state index is 12.4. The Kier molecular flexibility index (Phi) is 4.25. The van der Waals surface area contributed by atoms with Crippen LogP contribution in [-0.2, 0) is 16.6 Å². The molecule has 5 nitrogen and oxygen atoms in total. The van der Waals surface area contributed by atoms with Gasteiger partial charge in [0.05, 0.1) is 11.0 Å². The number of aliphatic hydroxyl groups excluding tert-OH is 1. The van der Waals surface area contributed by atoms with Crippen molar-refractivity contribution in [3.05, 3.63) is 29.8 Å². The van der Waals surface area contributed by atoms with Crippen molar-refractivity contribution in [3.8, 4) is 0 Å². The highest BCUT2D eigenvalue weighted by Crippen LogP contribution is 2.26. The van der Waals surface area contributed by atoms with Crippen molar-refractivity contribution in [3.63, 3.8) is 0 Å². The van der Waals surface area contributed by atoms with Gasteiger partial charge in [0.25, 0.3) is 0 Å². The Labute approximate surface area is 114 Å². The molecule has 2 rings (SSSR count). The normalized spacial score (nSPS) is 22.6. The van der Waals surface area contributed by atoms with Gasteiger partial charge in [0.1, 0.15) is 0 Å². The van der Waals surface area contributed by atoms with Crippen LogP contribution in [0, 0.1) is 5.92 Å². The van der Waals surface area contributed by atoms with E-state index in [-0.39, 0.29) is 10.8 Å². The largest absolute Gasteiger partial charge is 0.393 e. The summed E-state index contributed by atoms with van der Waals surface area (Å²) in [5.41, 5.74) is 6.40. The third kappa shape index (κ3) is 2.97. The molecule has 1 aromatic rings. The van der Waals surface area contributed by atoms with E-state index in [1.54, 1.807) is 31.2 Å². The highest BCUT2D eigenvalue weighted by molar-refractivity contribution is 7.89. The monoisotopic (exact) mass is 284 g/mol. The van der Waals surface area contributed by atoms with Crippen molar-refractivity contribution < 1.29 is 13.5 Å². The summed E-state index contributed by atoms with van der Waals surface area (Å²) in [6.07, 6.45) is 0.234. The molecule has 1 aliphatic heterocycles. The van der Waals surface area contributed by atoms with Gasteiger partial charge in [-0.3, -0.25) is 0 Å². The van der Waals surface area contributed by atoms with Crippen LogP contribution in [0.2, 0.25) is 0 Å². The number of aliphatic hydroxyl groups is 1. The Morgan fingerprint density at radius 3 is 2.53 bits per heavy atom. The summed E-state index contributed by atoms with van der Waals surface area (Å²) in [6.45, 7) is 2.96. The van der Waals surface area contributed by atoms with E-state index in [1.807, 2.05) is 0 Å². The van der Waals surface area contributed by atoms with Gasteiger partial charge in [-0.2, -0.15) is 4.31 Å². The molecule has 1 saturated heterocycles. The SMILES string of the molecule is CC(O)C1CCN(S(=O)(=O)c2ccc(CN)cc2)C1. The second-order valence-electron chi connectivity index (χ2n) is 5.00. The number of hydrogen-bond donors (Lipinski definition) is 2. The first-order valence-electron chi connectivity index (χ1n) is 6.42. The summed E-state index contributed by atoms with van der Waals surface area (Å²) in [5.74, 6) is 0.0260. The minimum absolute atomic E-state index is 0.0260. The van der Waals surface area contributed by atoms with Crippen LogP contribution in [0.15, 0.2) is 29.2 Å². The summed E-state index contributed by atoms with van der Waals surface area (Å²) >= 11 is 0. The summed E-state index contributed by atoms with van der Waals surface area (Å²) in [7, 11) is -3.45. The third-order valence-corrected chi connectivity index (χ3v) is 5.55. The van der Waals surface area contributed by atoms with Crippen molar-refractivity contribution in [2.75, 3.05) is 13.1 Å². The quantitative estimate of drug-likeness (QED) is 0.845. The molecule has 1 aromatic carbocycles. The lowest BCUT2D eigenvalue weighted by atomic mass is 10.0. The molecular formula is C13H20N2O3S. The lowest BCUT2D eigenvalue weighted by Crippen LogP contribution is -2.30. The molecule has 1 fully saturated rings. The van der Waals surface area contributed by atoms with Crippen LogP contribution in [0.5, 0.6) is 0 Å². The first-order valence-corrected chi connectivity index (χ1v) is 7.86. The zero-order valence-corrected chi connectivity index (χ0v) is 11.8. The lowest BCUT2D eigenvalue weighted by Gasteiger charge is -2.17. The van der Waals surface area contributed by atoms with Crippen molar-refractivity contribution in [1.82, 2.24) is 4.31 Å². The topological polar surface area (TPSA) is 83.6 Å². The van der Waals surface area contributed by atoms with Gasteiger partial charge >= 0.3 is 0 Å². The van der Waals surface area contributed by atoms with E-state index < -0.39 is 16.1 Å². The Morgan fingerprint density at radius 2 is 2.05 bits per heavy atom. The molecule has 0 aromatic heterocycles. The highest BCUT2D eigenvalue weighted by Gasteiger charge is 2.34. The smallest absolute Gasteiger partial charge is 0.243 e. The summed E-state index contributed by atoms with van der Waals surface area (Å²) in [4.78, 5) is 0.288. The third-order valence-electron chi connectivity index (χ3n) is 3.67. The van der Waals surface area contributed by atoms with E-state index in [1.165, 1.54) is 4.31 Å². The van der Waals surface area contributed by atoms with Gasteiger partial charge in [0.15, 0.2) is 0 Å². The summed E-state index contributed by atoms with van der Waals surface area (Å²) in [6, 6.07) is 6.64. The zero-order valence-electron chi connectivity index (χ0n) is 11.0. The summed E-state index contributed by atoms with van der Waals surface area (Å²) < 4.78 is 26.3. The van der Waals surface area contributed by atoms with Gasteiger partial charge in [0.2, 0.25) is 10.0 Å². The van der Waals surface area contributed by atoms with Crippen LogP contribution < -0.4 is 5.73 Å². The van der Waals surface area contributed by atoms with Crippen LogP contribution >= 0.6 is 0 Å². The average molecular weight is 284 g/mol. The van der Waals surface area contributed by atoms with Crippen LogP contribution in [0.25, 0.3) is 0 Å². The Morgan fingerprint density at radius 1 is 1.42 bits per heavy atom. The molecule has 2 atom stereocenters. The van der Waals surface area contributed by atoms with Crippen LogP contribution in [-0.4, -0.2) is 37.0 Å². The molecule has 0 aliphatic carbocycles. The average Bonchev–Trinajstić information content (AvgIpc) is 2.89. The Hall–Kier alpha value is -0.950. The Bertz CT molecular complexity index is 525. The van der Waals surface area contributed by atoms with E-state index in [0.29, 0.717) is 26.1 Å². The first-order chi connectivity index (χ1) is 8.95. The van der Waals surface area contributed by atoms with Crippen molar-refractivity contribution in [1.29, 1.82) is 0 Å². The Balaban J connectivity index is 2.18. The molecule has 0 bridgehead atoms. The second kappa shape index (κ2) is 5.58. The van der Waals surface area contributed by atoms with E-state index >= 15 is 0 Å². The van der Waals surface area contributed by atoms with E-state index in [4.69, 9.17) is 5.73 Å². The number of sulfonamides is 1. The number of benzene rings is 1. The van der Waals surface area contributed by atoms with Crippen molar-refractivity contribution >= 4 is 10.0 Å². The molecular weight excluding hydrogens is 264 g/mol. The van der Waals surface area contributed by atoms with Gasteiger partial charge in [0, 0.05) is 19.6 Å². The molecule has 0 amide bonds. The number of rotatable bonds is 4. The van der Waals surface area contributed by atoms with Crippen LogP contribution in [0.1, 0.15) is 18.9 Å². The van der Waals surface area contributed by atoms with Crippen LogP contribution in [0.4, 0.5) is 0 Å². The molecule has 3 N–H and O–H groups in total. The predicted molar refractivity (Wildman–Crippen MR) is 72.9 cm³/mol. The highest BCUT2D eigenvalue weighted by atomic mass is 32.2. The fourth-order valence-electron chi connectivity index (χ4n) is 2.31. The van der Waals surface area contributed by atoms with Crippen molar-refractivity contribution in [2.45, 2.75) is 30.9 Å². The van der Waals surface area contributed by atoms with Crippen molar-refractivity contribution in [2.24, 2.45) is 11.7 Å². The maximum absolute atomic E-state index is 12.4. The second-order valence-corrected chi connectivity index (χ2v) is 6.94. The molecule has 0 spiro atoms. The number of nitrogens with two attached hydrogens (primary N) is 1. The van der Waals surface area contributed by atoms with E-state index in [0.717, 1.165) is 5.56 Å². The molecule has 106 valence electrons.